The number of carbonyl (C=O) groups is 2. The minimum Gasteiger partial charge on any atom is -0.456 e. The molecule has 7 nitrogen and oxygen atoms in total. The van der Waals surface area contributed by atoms with Crippen LogP contribution in [0.15, 0.2) is 55.0 Å². The summed E-state index contributed by atoms with van der Waals surface area (Å²) in [7, 11) is 0. The summed E-state index contributed by atoms with van der Waals surface area (Å²) in [4.78, 5) is 28.6. The van der Waals surface area contributed by atoms with Gasteiger partial charge in [-0.2, -0.15) is 5.10 Å². The van der Waals surface area contributed by atoms with Crippen LogP contribution in [0.4, 0.5) is 10.1 Å². The highest BCUT2D eigenvalue weighted by molar-refractivity contribution is 5.92. The van der Waals surface area contributed by atoms with Gasteiger partial charge < -0.3 is 14.8 Å². The molecule has 2 aromatic heterocycles. The molecule has 1 aliphatic carbocycles. The quantitative estimate of drug-likeness (QED) is 0.322. The molecule has 1 aliphatic rings. The van der Waals surface area contributed by atoms with Crippen LogP contribution in [0.2, 0.25) is 0 Å². The number of fused-ring (bicyclic) bond motifs is 1. The summed E-state index contributed by atoms with van der Waals surface area (Å²) in [6.07, 6.45) is 7.51. The monoisotopic (exact) mass is 500 g/mol. The molecular weight excluding hydrogens is 471 g/mol. The van der Waals surface area contributed by atoms with Gasteiger partial charge in [-0.1, -0.05) is 6.07 Å². The number of hydrogen-bond acceptors (Lipinski definition) is 5. The first-order chi connectivity index (χ1) is 17.6. The third-order valence-corrected chi connectivity index (χ3v) is 6.76. The minimum atomic E-state index is -0.530. The number of ether oxygens (including phenoxy) is 1. The van der Waals surface area contributed by atoms with Crippen LogP contribution in [-0.2, 0) is 27.0 Å². The van der Waals surface area contributed by atoms with Crippen molar-refractivity contribution in [1.82, 2.24) is 14.8 Å². The van der Waals surface area contributed by atoms with Crippen molar-refractivity contribution in [3.8, 4) is 11.5 Å². The zero-order valence-electron chi connectivity index (χ0n) is 21.3. The molecule has 5 rings (SSSR count). The number of nitrogens with one attached hydrogen (secondary N) is 1. The summed E-state index contributed by atoms with van der Waals surface area (Å²) in [6, 6.07) is 10.4. The maximum atomic E-state index is 15.1. The number of nitrogens with zero attached hydrogens (tertiary/aromatic N) is 3. The third-order valence-electron chi connectivity index (χ3n) is 6.76. The van der Waals surface area contributed by atoms with E-state index in [1.807, 2.05) is 45.9 Å². The second kappa shape index (κ2) is 9.10. The summed E-state index contributed by atoms with van der Waals surface area (Å²) >= 11 is 0. The van der Waals surface area contributed by atoms with E-state index in [-0.39, 0.29) is 23.4 Å². The highest BCUT2D eigenvalue weighted by Gasteiger charge is 2.44. The second-order valence-corrected chi connectivity index (χ2v) is 10.7. The zero-order valence-corrected chi connectivity index (χ0v) is 21.3. The zero-order chi connectivity index (χ0) is 26.4. The third kappa shape index (κ3) is 4.96. The minimum absolute atomic E-state index is 0.122. The Labute approximate surface area is 214 Å². The van der Waals surface area contributed by atoms with Gasteiger partial charge in [-0.25, -0.2) is 4.39 Å². The Morgan fingerprint density at radius 2 is 1.97 bits per heavy atom. The van der Waals surface area contributed by atoms with E-state index in [4.69, 9.17) is 4.74 Å². The molecule has 0 unspecified atom stereocenters. The van der Waals surface area contributed by atoms with E-state index >= 15 is 4.39 Å². The Hall–Kier alpha value is -4.07. The number of pyridine rings is 1. The molecule has 0 radical (unpaired) electrons. The van der Waals surface area contributed by atoms with E-state index in [0.717, 1.165) is 35.6 Å². The maximum absolute atomic E-state index is 15.1. The summed E-state index contributed by atoms with van der Waals surface area (Å²) in [6.45, 7) is 7.84. The number of amides is 1. The molecule has 0 saturated heterocycles. The molecular formula is C29H29FN4O3. The highest BCUT2D eigenvalue weighted by atomic mass is 19.1. The molecule has 1 fully saturated rings. The SMILES string of the molecule is Cc1cc(CC(=O)Nc2cnn(C(C)(C)C)c2)c(F)cc1Oc1ccnc2ccc(C3(C=O)CC3)cc12. The topological polar surface area (TPSA) is 86.1 Å². The summed E-state index contributed by atoms with van der Waals surface area (Å²) in [5.41, 5.74) is 2.55. The first-order valence-electron chi connectivity index (χ1n) is 12.3. The van der Waals surface area contributed by atoms with Crippen molar-refractivity contribution in [2.24, 2.45) is 0 Å². The molecule has 0 bridgehead atoms. The molecule has 190 valence electrons. The van der Waals surface area contributed by atoms with Crippen LogP contribution in [0.25, 0.3) is 10.9 Å². The molecule has 37 heavy (non-hydrogen) atoms. The van der Waals surface area contributed by atoms with Crippen LogP contribution < -0.4 is 10.1 Å². The van der Waals surface area contributed by atoms with Crippen LogP contribution in [0.1, 0.15) is 50.3 Å². The van der Waals surface area contributed by atoms with Gasteiger partial charge in [0.05, 0.1) is 34.8 Å². The lowest BCUT2D eigenvalue weighted by molar-refractivity contribution is -0.115. The fourth-order valence-corrected chi connectivity index (χ4v) is 4.35. The predicted octanol–water partition coefficient (Wildman–Crippen LogP) is 5.84. The van der Waals surface area contributed by atoms with Gasteiger partial charge in [-0.05, 0) is 81.5 Å². The lowest BCUT2D eigenvalue weighted by Crippen LogP contribution is -2.22. The van der Waals surface area contributed by atoms with Crippen molar-refractivity contribution in [3.05, 3.63) is 77.5 Å². The van der Waals surface area contributed by atoms with Crippen molar-refractivity contribution >= 4 is 28.8 Å². The van der Waals surface area contributed by atoms with Gasteiger partial charge in [0.2, 0.25) is 5.91 Å². The molecule has 1 N–H and O–H groups in total. The van der Waals surface area contributed by atoms with Gasteiger partial charge >= 0.3 is 0 Å². The maximum Gasteiger partial charge on any atom is 0.228 e. The van der Waals surface area contributed by atoms with E-state index in [1.165, 1.54) is 6.07 Å². The fraction of sp³-hybridized carbons (Fsp3) is 0.310. The van der Waals surface area contributed by atoms with Gasteiger partial charge in [0, 0.05) is 23.8 Å². The van der Waals surface area contributed by atoms with E-state index in [1.54, 1.807) is 35.4 Å². The molecule has 2 aromatic carbocycles. The standard InChI is InChI=1S/C29H29FN4O3/c1-18-11-19(12-27(36)33-21-15-32-34(16-21)28(2,3)4)23(30)14-26(18)37-25-7-10-31-24-6-5-20(13-22(24)25)29(17-35)8-9-29/h5-7,10-11,13-17H,8-9,12H2,1-4H3,(H,33,36). The molecule has 1 amide bonds. The Bertz CT molecular complexity index is 1520. The lowest BCUT2D eigenvalue weighted by atomic mass is 9.96. The number of aromatic nitrogens is 3. The average Bonchev–Trinajstić information content (AvgIpc) is 3.51. The van der Waals surface area contributed by atoms with Gasteiger partial charge in [0.1, 0.15) is 23.6 Å². The van der Waals surface area contributed by atoms with E-state index in [0.29, 0.717) is 22.7 Å². The second-order valence-electron chi connectivity index (χ2n) is 10.7. The van der Waals surface area contributed by atoms with Crippen LogP contribution in [0.5, 0.6) is 11.5 Å². The highest BCUT2D eigenvalue weighted by Crippen LogP contribution is 2.47. The van der Waals surface area contributed by atoms with Crippen molar-refractivity contribution < 1.29 is 18.7 Å². The van der Waals surface area contributed by atoms with Gasteiger partial charge in [0.25, 0.3) is 0 Å². The van der Waals surface area contributed by atoms with Crippen LogP contribution >= 0.6 is 0 Å². The summed E-state index contributed by atoms with van der Waals surface area (Å²) in [5, 5.41) is 7.81. The normalized spacial score (nSPS) is 14.4. The molecule has 4 aromatic rings. The molecule has 1 saturated carbocycles. The van der Waals surface area contributed by atoms with Gasteiger partial charge in [-0.15, -0.1) is 0 Å². The van der Waals surface area contributed by atoms with Crippen molar-refractivity contribution in [3.63, 3.8) is 0 Å². The largest absolute Gasteiger partial charge is 0.456 e. The van der Waals surface area contributed by atoms with Crippen LogP contribution in [0, 0.1) is 12.7 Å². The van der Waals surface area contributed by atoms with E-state index < -0.39 is 11.2 Å². The molecule has 8 heteroatoms. The fourth-order valence-electron chi connectivity index (χ4n) is 4.35. The summed E-state index contributed by atoms with van der Waals surface area (Å²) < 4.78 is 22.9. The van der Waals surface area contributed by atoms with Crippen molar-refractivity contribution in [2.75, 3.05) is 5.32 Å². The van der Waals surface area contributed by atoms with E-state index in [9.17, 15) is 9.59 Å². The Kier molecular flexibility index (Phi) is 6.06. The number of aldehydes is 1. The van der Waals surface area contributed by atoms with Crippen molar-refractivity contribution in [1.29, 1.82) is 0 Å². The van der Waals surface area contributed by atoms with Gasteiger partial charge in [-0.3, -0.25) is 14.5 Å². The average molecular weight is 501 g/mol. The summed E-state index contributed by atoms with van der Waals surface area (Å²) in [5.74, 6) is 0.00952. The van der Waals surface area contributed by atoms with Crippen LogP contribution in [0.3, 0.4) is 0 Å². The Morgan fingerprint density at radius 1 is 1.19 bits per heavy atom. The number of carbonyl (C=O) groups excluding carboxylic acids is 2. The first kappa shape index (κ1) is 24.6. The number of rotatable bonds is 7. The Morgan fingerprint density at radius 3 is 2.65 bits per heavy atom. The number of hydrogen-bond donors (Lipinski definition) is 1. The van der Waals surface area contributed by atoms with Crippen molar-refractivity contribution in [2.45, 2.75) is 57.9 Å². The number of benzene rings is 2. The lowest BCUT2D eigenvalue weighted by Gasteiger charge is -2.18. The predicted molar refractivity (Wildman–Crippen MR) is 139 cm³/mol. The molecule has 0 spiro atoms. The van der Waals surface area contributed by atoms with Crippen LogP contribution in [-0.4, -0.2) is 27.0 Å². The smallest absolute Gasteiger partial charge is 0.228 e. The van der Waals surface area contributed by atoms with E-state index in [2.05, 4.69) is 15.4 Å². The molecule has 0 aliphatic heterocycles. The number of aryl methyl sites for hydroxylation is 1. The molecule has 2 heterocycles. The first-order valence-corrected chi connectivity index (χ1v) is 12.3. The molecule has 0 atom stereocenters. The number of anilines is 1. The Balaban J connectivity index is 1.35. The number of halogens is 1. The van der Waals surface area contributed by atoms with Gasteiger partial charge in [0.15, 0.2) is 0 Å².